The third-order valence-electron chi connectivity index (χ3n) is 6.62. The Morgan fingerprint density at radius 3 is 1.96 bits per heavy atom. The Morgan fingerprint density at radius 2 is 1.48 bits per heavy atom. The van der Waals surface area contributed by atoms with Gasteiger partial charge < -0.3 is 19.4 Å². The largest absolute Gasteiger partial charge is 0.376 e. The predicted molar refractivity (Wildman–Crippen MR) is 98.8 cm³/mol. The Hall–Kier alpha value is -0.200. The van der Waals surface area contributed by atoms with Crippen molar-refractivity contribution < 1.29 is 19.4 Å². The molecule has 148 valence electrons. The first kappa shape index (κ1) is 21.1. The molecule has 5 heteroatoms. The van der Waals surface area contributed by atoms with Gasteiger partial charge in [-0.1, -0.05) is 27.7 Å². The standard InChI is InChI=1S/C20H39NO4/c1-5-19(6-2)15-17(16-20(7-3,8-4)21(19)22)23-13-14-25-18-11-9-10-12-24-18/h17-18,22H,5-16H2,1-4H3. The molecule has 2 saturated heterocycles. The summed E-state index contributed by atoms with van der Waals surface area (Å²) in [6, 6.07) is 0. The monoisotopic (exact) mass is 357 g/mol. The molecule has 1 N–H and O–H groups in total. The fourth-order valence-electron chi connectivity index (χ4n) is 4.63. The van der Waals surface area contributed by atoms with Gasteiger partial charge in [0.05, 0.1) is 19.3 Å². The average molecular weight is 358 g/mol. The van der Waals surface area contributed by atoms with Gasteiger partial charge in [-0.15, -0.1) is 0 Å². The smallest absolute Gasteiger partial charge is 0.157 e. The molecule has 2 rings (SSSR count). The molecule has 1 unspecified atom stereocenters. The van der Waals surface area contributed by atoms with Crippen LogP contribution in [-0.4, -0.2) is 53.6 Å². The van der Waals surface area contributed by atoms with E-state index in [-0.39, 0.29) is 23.5 Å². The van der Waals surface area contributed by atoms with E-state index in [1.165, 1.54) is 6.42 Å². The molecule has 0 aromatic carbocycles. The van der Waals surface area contributed by atoms with Gasteiger partial charge in [0.15, 0.2) is 6.29 Å². The van der Waals surface area contributed by atoms with E-state index in [0.29, 0.717) is 13.2 Å². The van der Waals surface area contributed by atoms with Gasteiger partial charge in [-0.05, 0) is 57.8 Å². The van der Waals surface area contributed by atoms with Crippen LogP contribution in [0.4, 0.5) is 0 Å². The average Bonchev–Trinajstić information content (AvgIpc) is 2.67. The van der Waals surface area contributed by atoms with Gasteiger partial charge in [0.2, 0.25) is 0 Å². The van der Waals surface area contributed by atoms with Crippen molar-refractivity contribution in [1.29, 1.82) is 0 Å². The van der Waals surface area contributed by atoms with E-state index in [4.69, 9.17) is 14.2 Å². The van der Waals surface area contributed by atoms with Gasteiger partial charge >= 0.3 is 0 Å². The predicted octanol–water partition coefficient (Wildman–Crippen LogP) is 4.52. The van der Waals surface area contributed by atoms with Crippen LogP contribution >= 0.6 is 0 Å². The molecule has 5 nitrogen and oxygen atoms in total. The molecular weight excluding hydrogens is 318 g/mol. The lowest BCUT2D eigenvalue weighted by molar-refractivity contribution is -0.285. The van der Waals surface area contributed by atoms with Crippen LogP contribution in [0.3, 0.4) is 0 Å². The molecule has 0 amide bonds. The highest BCUT2D eigenvalue weighted by Crippen LogP contribution is 2.45. The van der Waals surface area contributed by atoms with E-state index in [1.54, 1.807) is 5.06 Å². The van der Waals surface area contributed by atoms with Crippen LogP contribution in [-0.2, 0) is 14.2 Å². The van der Waals surface area contributed by atoms with Crippen LogP contribution in [0, 0.1) is 0 Å². The minimum atomic E-state index is -0.178. The zero-order valence-electron chi connectivity index (χ0n) is 16.8. The number of rotatable bonds is 9. The van der Waals surface area contributed by atoms with Crippen LogP contribution in [0.25, 0.3) is 0 Å². The first-order chi connectivity index (χ1) is 12.1. The van der Waals surface area contributed by atoms with Crippen molar-refractivity contribution in [1.82, 2.24) is 5.06 Å². The molecule has 0 radical (unpaired) electrons. The van der Waals surface area contributed by atoms with Crippen molar-refractivity contribution >= 4 is 0 Å². The second kappa shape index (κ2) is 9.65. The van der Waals surface area contributed by atoms with Crippen molar-refractivity contribution in [2.45, 2.75) is 109 Å². The fourth-order valence-corrected chi connectivity index (χ4v) is 4.63. The third kappa shape index (κ3) is 4.75. The molecule has 0 aliphatic carbocycles. The minimum absolute atomic E-state index is 0.0487. The van der Waals surface area contributed by atoms with E-state index in [9.17, 15) is 5.21 Å². The van der Waals surface area contributed by atoms with Gasteiger partial charge in [0.1, 0.15) is 0 Å². The van der Waals surface area contributed by atoms with E-state index in [0.717, 1.165) is 58.0 Å². The topological polar surface area (TPSA) is 51.2 Å². The van der Waals surface area contributed by atoms with Crippen molar-refractivity contribution in [2.24, 2.45) is 0 Å². The molecule has 2 aliphatic heterocycles. The van der Waals surface area contributed by atoms with Gasteiger partial charge in [-0.2, -0.15) is 5.06 Å². The van der Waals surface area contributed by atoms with E-state index in [1.807, 2.05) is 0 Å². The number of hydrogen-bond donors (Lipinski definition) is 1. The van der Waals surface area contributed by atoms with Crippen LogP contribution in [0.2, 0.25) is 0 Å². The van der Waals surface area contributed by atoms with E-state index in [2.05, 4.69) is 27.7 Å². The number of hydrogen-bond acceptors (Lipinski definition) is 5. The highest BCUT2D eigenvalue weighted by Gasteiger charge is 2.51. The number of piperidine rings is 1. The lowest BCUT2D eigenvalue weighted by atomic mass is 9.72. The highest BCUT2D eigenvalue weighted by molar-refractivity contribution is 5.03. The van der Waals surface area contributed by atoms with Gasteiger partial charge in [0.25, 0.3) is 0 Å². The normalized spacial score (nSPS) is 27.5. The first-order valence-corrected chi connectivity index (χ1v) is 10.4. The summed E-state index contributed by atoms with van der Waals surface area (Å²) in [5.41, 5.74) is -0.357. The van der Waals surface area contributed by atoms with Crippen molar-refractivity contribution in [3.05, 3.63) is 0 Å². The SMILES string of the molecule is CCC1(CC)CC(OCCOC2CCCCO2)CC(CC)(CC)N1O. The Balaban J connectivity index is 1.90. The molecule has 25 heavy (non-hydrogen) atoms. The lowest BCUT2D eigenvalue weighted by Gasteiger charge is -2.56. The summed E-state index contributed by atoms with van der Waals surface area (Å²) in [6.45, 7) is 10.7. The second-order valence-corrected chi connectivity index (χ2v) is 7.74. The summed E-state index contributed by atoms with van der Waals surface area (Å²) in [6.07, 6.45) is 8.98. The number of nitrogens with zero attached hydrogens (tertiary/aromatic N) is 1. The number of hydroxylamine groups is 2. The molecular formula is C20H39NO4. The van der Waals surface area contributed by atoms with Crippen LogP contribution in [0.5, 0.6) is 0 Å². The molecule has 0 bridgehead atoms. The van der Waals surface area contributed by atoms with Gasteiger partial charge in [0, 0.05) is 17.7 Å². The molecule has 0 aromatic rings. The summed E-state index contributed by atoms with van der Waals surface area (Å²) >= 11 is 0. The molecule has 1 atom stereocenters. The van der Waals surface area contributed by atoms with Gasteiger partial charge in [-0.3, -0.25) is 0 Å². The molecule has 0 aromatic heterocycles. The number of ether oxygens (including phenoxy) is 3. The highest BCUT2D eigenvalue weighted by atomic mass is 16.7. The van der Waals surface area contributed by atoms with E-state index >= 15 is 0 Å². The summed E-state index contributed by atoms with van der Waals surface area (Å²) in [4.78, 5) is 0. The quantitative estimate of drug-likeness (QED) is 0.615. The summed E-state index contributed by atoms with van der Waals surface area (Å²) in [5.74, 6) is 0. The zero-order valence-corrected chi connectivity index (χ0v) is 16.8. The Bertz CT molecular complexity index is 354. The minimum Gasteiger partial charge on any atom is -0.376 e. The van der Waals surface area contributed by atoms with Crippen LogP contribution in [0.1, 0.15) is 85.5 Å². The maximum atomic E-state index is 11.0. The second-order valence-electron chi connectivity index (χ2n) is 7.74. The molecule has 0 saturated carbocycles. The van der Waals surface area contributed by atoms with E-state index < -0.39 is 0 Å². The van der Waals surface area contributed by atoms with Crippen LogP contribution in [0.15, 0.2) is 0 Å². The van der Waals surface area contributed by atoms with Crippen molar-refractivity contribution in [2.75, 3.05) is 19.8 Å². The Labute approximate surface area is 154 Å². The van der Waals surface area contributed by atoms with Crippen molar-refractivity contribution in [3.63, 3.8) is 0 Å². The maximum Gasteiger partial charge on any atom is 0.157 e. The summed E-state index contributed by atoms with van der Waals surface area (Å²) < 4.78 is 17.6. The van der Waals surface area contributed by atoms with Crippen LogP contribution < -0.4 is 0 Å². The molecule has 0 spiro atoms. The fraction of sp³-hybridized carbons (Fsp3) is 1.00. The maximum absolute atomic E-state index is 11.0. The summed E-state index contributed by atoms with van der Waals surface area (Å²) in [7, 11) is 0. The lowest BCUT2D eigenvalue weighted by Crippen LogP contribution is -2.64. The first-order valence-electron chi connectivity index (χ1n) is 10.4. The third-order valence-corrected chi connectivity index (χ3v) is 6.62. The molecule has 2 aliphatic rings. The van der Waals surface area contributed by atoms with Crippen molar-refractivity contribution in [3.8, 4) is 0 Å². The summed E-state index contributed by atoms with van der Waals surface area (Å²) in [5, 5.41) is 12.7. The Kier molecular flexibility index (Phi) is 8.15. The molecule has 2 fully saturated rings. The van der Waals surface area contributed by atoms with Gasteiger partial charge in [-0.25, -0.2) is 0 Å². The molecule has 2 heterocycles. The Morgan fingerprint density at radius 1 is 0.920 bits per heavy atom. The zero-order chi connectivity index (χ0) is 18.3.